The Bertz CT molecular complexity index is 862. The van der Waals surface area contributed by atoms with Crippen LogP contribution < -0.4 is 10.1 Å². The molecule has 2 heterocycles. The summed E-state index contributed by atoms with van der Waals surface area (Å²) in [5, 5.41) is 5.39. The van der Waals surface area contributed by atoms with Gasteiger partial charge in [0.15, 0.2) is 5.13 Å². The molecule has 23 heavy (non-hydrogen) atoms. The summed E-state index contributed by atoms with van der Waals surface area (Å²) in [4.78, 5) is 20.6. The van der Waals surface area contributed by atoms with Crippen molar-refractivity contribution in [2.24, 2.45) is 0 Å². The molecular formula is C14H12FN3O3S2. The van der Waals surface area contributed by atoms with Crippen LogP contribution >= 0.6 is 22.7 Å². The SMILES string of the molecule is COCc1nc(C(=O)Nc2nc3c(OC)cc(F)cc3s2)cs1. The topological polar surface area (TPSA) is 73.3 Å². The van der Waals surface area contributed by atoms with Crippen molar-refractivity contribution in [2.45, 2.75) is 6.61 Å². The monoisotopic (exact) mass is 353 g/mol. The van der Waals surface area contributed by atoms with E-state index in [4.69, 9.17) is 9.47 Å². The third kappa shape index (κ3) is 3.31. The van der Waals surface area contributed by atoms with Crippen LogP contribution in [0.4, 0.5) is 9.52 Å². The van der Waals surface area contributed by atoms with Gasteiger partial charge in [-0.05, 0) is 6.07 Å². The van der Waals surface area contributed by atoms with E-state index in [0.29, 0.717) is 38.4 Å². The molecule has 3 rings (SSSR count). The number of nitrogens with one attached hydrogen (secondary N) is 1. The van der Waals surface area contributed by atoms with Crippen molar-refractivity contribution in [3.63, 3.8) is 0 Å². The van der Waals surface area contributed by atoms with E-state index in [9.17, 15) is 9.18 Å². The molecule has 0 radical (unpaired) electrons. The van der Waals surface area contributed by atoms with Gasteiger partial charge in [0.1, 0.15) is 27.8 Å². The van der Waals surface area contributed by atoms with Crippen LogP contribution in [0.1, 0.15) is 15.5 Å². The first-order valence-electron chi connectivity index (χ1n) is 6.49. The Balaban J connectivity index is 1.84. The van der Waals surface area contributed by atoms with Gasteiger partial charge in [-0.15, -0.1) is 11.3 Å². The average Bonchev–Trinajstić information content (AvgIpc) is 3.13. The molecule has 2 aromatic heterocycles. The lowest BCUT2D eigenvalue weighted by Gasteiger charge is -1.99. The molecule has 0 fully saturated rings. The molecule has 0 aliphatic heterocycles. The first kappa shape index (κ1) is 15.8. The van der Waals surface area contributed by atoms with Crippen LogP contribution in [0.3, 0.4) is 0 Å². The molecule has 3 aromatic rings. The molecule has 6 nitrogen and oxygen atoms in total. The number of nitrogens with zero attached hydrogens (tertiary/aromatic N) is 2. The van der Waals surface area contributed by atoms with Gasteiger partial charge >= 0.3 is 0 Å². The van der Waals surface area contributed by atoms with E-state index >= 15 is 0 Å². The molecule has 120 valence electrons. The zero-order valence-corrected chi connectivity index (χ0v) is 13.9. The van der Waals surface area contributed by atoms with E-state index in [0.717, 1.165) is 0 Å². The van der Waals surface area contributed by atoms with E-state index in [1.807, 2.05) is 0 Å². The van der Waals surface area contributed by atoms with Gasteiger partial charge in [0, 0.05) is 18.6 Å². The summed E-state index contributed by atoms with van der Waals surface area (Å²) in [7, 11) is 3.01. The Labute approximate surface area is 138 Å². The van der Waals surface area contributed by atoms with Crippen LogP contribution in [0.15, 0.2) is 17.5 Å². The molecule has 0 atom stereocenters. The van der Waals surface area contributed by atoms with Gasteiger partial charge in [-0.2, -0.15) is 0 Å². The number of hydrogen-bond donors (Lipinski definition) is 1. The van der Waals surface area contributed by atoms with Crippen molar-refractivity contribution < 1.29 is 18.7 Å². The third-order valence-electron chi connectivity index (χ3n) is 2.92. The predicted octanol–water partition coefficient (Wildman–Crippen LogP) is 3.30. The van der Waals surface area contributed by atoms with Crippen molar-refractivity contribution in [2.75, 3.05) is 19.5 Å². The first-order chi connectivity index (χ1) is 11.1. The standard InChI is InChI=1S/C14H12FN3O3S2/c1-20-5-11-16-8(6-22-11)13(19)18-14-17-12-9(21-2)3-7(15)4-10(12)23-14/h3-4,6H,5H2,1-2H3,(H,17,18,19). The molecule has 0 saturated carbocycles. The fraction of sp³-hybridized carbons (Fsp3) is 0.214. The van der Waals surface area contributed by atoms with Gasteiger partial charge < -0.3 is 9.47 Å². The number of ether oxygens (including phenoxy) is 2. The van der Waals surface area contributed by atoms with Crippen LogP contribution in [0.2, 0.25) is 0 Å². The summed E-state index contributed by atoms with van der Waals surface area (Å²) >= 11 is 2.51. The van der Waals surface area contributed by atoms with Crippen LogP contribution in [0, 0.1) is 5.82 Å². The van der Waals surface area contributed by atoms with Crippen molar-refractivity contribution >= 4 is 43.9 Å². The summed E-state index contributed by atoms with van der Waals surface area (Å²) in [5.41, 5.74) is 0.798. The molecule has 1 aromatic carbocycles. The number of amides is 1. The number of methoxy groups -OCH3 is 2. The lowest BCUT2D eigenvalue weighted by atomic mass is 10.3. The van der Waals surface area contributed by atoms with Gasteiger partial charge in [0.05, 0.1) is 18.4 Å². The fourth-order valence-corrected chi connectivity index (χ4v) is 3.59. The number of fused-ring (bicyclic) bond motifs is 1. The van der Waals surface area contributed by atoms with E-state index in [1.165, 1.54) is 41.9 Å². The summed E-state index contributed by atoms with van der Waals surface area (Å²) in [6.07, 6.45) is 0. The Kier molecular flexibility index (Phi) is 4.51. The molecular weight excluding hydrogens is 341 g/mol. The minimum absolute atomic E-state index is 0.291. The highest BCUT2D eigenvalue weighted by Crippen LogP contribution is 2.33. The van der Waals surface area contributed by atoms with E-state index in [1.54, 1.807) is 12.5 Å². The lowest BCUT2D eigenvalue weighted by molar-refractivity contribution is 0.102. The van der Waals surface area contributed by atoms with Gasteiger partial charge in [-0.25, -0.2) is 14.4 Å². The smallest absolute Gasteiger partial charge is 0.276 e. The van der Waals surface area contributed by atoms with E-state index in [-0.39, 0.29) is 5.91 Å². The minimum Gasteiger partial charge on any atom is -0.494 e. The highest BCUT2D eigenvalue weighted by Gasteiger charge is 2.15. The average molecular weight is 353 g/mol. The summed E-state index contributed by atoms with van der Waals surface area (Å²) < 4.78 is 24.2. The maximum Gasteiger partial charge on any atom is 0.276 e. The number of hydrogen-bond acceptors (Lipinski definition) is 7. The Hall–Kier alpha value is -2.10. The molecule has 0 saturated heterocycles. The second-order valence-corrected chi connectivity index (χ2v) is 6.46. The molecule has 0 bridgehead atoms. The Morgan fingerprint density at radius 3 is 2.91 bits per heavy atom. The molecule has 9 heteroatoms. The summed E-state index contributed by atoms with van der Waals surface area (Å²) in [5.74, 6) is -0.463. The zero-order valence-electron chi connectivity index (χ0n) is 12.3. The van der Waals surface area contributed by atoms with Crippen molar-refractivity contribution in [1.29, 1.82) is 0 Å². The van der Waals surface area contributed by atoms with Crippen LogP contribution in [0.5, 0.6) is 5.75 Å². The quantitative estimate of drug-likeness (QED) is 0.762. The summed E-state index contributed by atoms with van der Waals surface area (Å²) in [6, 6.07) is 2.61. The normalized spacial score (nSPS) is 10.9. The van der Waals surface area contributed by atoms with Gasteiger partial charge in [0.25, 0.3) is 5.91 Å². The van der Waals surface area contributed by atoms with Crippen LogP contribution in [0.25, 0.3) is 10.2 Å². The van der Waals surface area contributed by atoms with Gasteiger partial charge in [-0.1, -0.05) is 11.3 Å². The summed E-state index contributed by atoms with van der Waals surface area (Å²) in [6.45, 7) is 0.357. The fourth-order valence-electron chi connectivity index (χ4n) is 1.94. The molecule has 0 spiro atoms. The maximum absolute atomic E-state index is 13.5. The first-order valence-corrected chi connectivity index (χ1v) is 8.19. The molecule has 0 aliphatic rings. The highest BCUT2D eigenvalue weighted by molar-refractivity contribution is 7.22. The van der Waals surface area contributed by atoms with Gasteiger partial charge in [-0.3, -0.25) is 10.1 Å². The van der Waals surface area contributed by atoms with Crippen molar-refractivity contribution in [3.05, 3.63) is 34.0 Å². The van der Waals surface area contributed by atoms with Crippen molar-refractivity contribution in [1.82, 2.24) is 9.97 Å². The minimum atomic E-state index is -0.417. The van der Waals surface area contributed by atoms with Crippen LogP contribution in [-0.2, 0) is 11.3 Å². The number of thiazole rings is 2. The number of anilines is 1. The number of carbonyl (C=O) groups is 1. The zero-order chi connectivity index (χ0) is 16.4. The maximum atomic E-state index is 13.5. The largest absolute Gasteiger partial charge is 0.494 e. The second-order valence-electron chi connectivity index (χ2n) is 4.49. The lowest BCUT2D eigenvalue weighted by Crippen LogP contribution is -2.12. The van der Waals surface area contributed by atoms with Gasteiger partial charge in [0.2, 0.25) is 0 Å². The number of halogens is 1. The highest BCUT2D eigenvalue weighted by atomic mass is 32.1. The molecule has 0 unspecified atom stereocenters. The number of aromatic nitrogens is 2. The molecule has 1 amide bonds. The predicted molar refractivity (Wildman–Crippen MR) is 86.9 cm³/mol. The van der Waals surface area contributed by atoms with E-state index in [2.05, 4.69) is 15.3 Å². The molecule has 0 aliphatic carbocycles. The third-order valence-corrected chi connectivity index (χ3v) is 4.66. The molecule has 1 N–H and O–H groups in total. The Morgan fingerprint density at radius 1 is 1.35 bits per heavy atom. The number of carbonyl (C=O) groups excluding carboxylic acids is 1. The van der Waals surface area contributed by atoms with Crippen LogP contribution in [-0.4, -0.2) is 30.1 Å². The van der Waals surface area contributed by atoms with Crippen molar-refractivity contribution in [3.8, 4) is 5.75 Å². The Morgan fingerprint density at radius 2 is 2.17 bits per heavy atom. The second kappa shape index (κ2) is 6.57. The van der Waals surface area contributed by atoms with E-state index < -0.39 is 5.82 Å². The number of rotatable bonds is 5. The number of benzene rings is 1.